The first-order chi connectivity index (χ1) is 17.4. The number of amides is 1. The maximum absolute atomic E-state index is 13.6. The van der Waals surface area contributed by atoms with Crippen molar-refractivity contribution in [1.82, 2.24) is 5.32 Å². The van der Waals surface area contributed by atoms with Crippen LogP contribution in [0.3, 0.4) is 0 Å². The molecule has 1 saturated carbocycles. The second kappa shape index (κ2) is 12.2. The average molecular weight is 495 g/mol. The molecular formula is C29H35FN2O4. The Bertz CT molecular complexity index is 1070. The Morgan fingerprint density at radius 3 is 2.81 bits per heavy atom. The third-order valence-electron chi connectivity index (χ3n) is 7.43. The molecule has 1 aliphatic carbocycles. The largest absolute Gasteiger partial charge is 0.462 e. The summed E-state index contributed by atoms with van der Waals surface area (Å²) in [6.07, 6.45) is 8.65. The first-order valence-corrected chi connectivity index (χ1v) is 13.1. The van der Waals surface area contributed by atoms with Gasteiger partial charge in [0.1, 0.15) is 17.6 Å². The van der Waals surface area contributed by atoms with Crippen LogP contribution in [-0.4, -0.2) is 43.1 Å². The van der Waals surface area contributed by atoms with E-state index in [9.17, 15) is 14.0 Å². The van der Waals surface area contributed by atoms with E-state index in [0.717, 1.165) is 44.1 Å². The number of carbonyl (C=O) groups is 2. The molecule has 6 nitrogen and oxygen atoms in total. The zero-order valence-electron chi connectivity index (χ0n) is 21.0. The lowest BCUT2D eigenvalue weighted by Crippen LogP contribution is -2.36. The lowest BCUT2D eigenvalue weighted by molar-refractivity contribution is -0.143. The molecule has 1 aromatic rings. The molecular weight excluding hydrogens is 459 g/mol. The van der Waals surface area contributed by atoms with E-state index in [1.165, 1.54) is 12.1 Å². The quantitative estimate of drug-likeness (QED) is 0.452. The summed E-state index contributed by atoms with van der Waals surface area (Å²) in [4.78, 5) is 29.2. The van der Waals surface area contributed by atoms with Crippen molar-refractivity contribution in [2.75, 3.05) is 13.2 Å². The number of rotatable bonds is 5. The number of fused-ring (bicyclic) bond motifs is 1. The molecule has 36 heavy (non-hydrogen) atoms. The van der Waals surface area contributed by atoms with Gasteiger partial charge in [0.2, 0.25) is 0 Å². The normalized spacial score (nSPS) is 30.4. The van der Waals surface area contributed by atoms with Gasteiger partial charge in [-0.2, -0.15) is 0 Å². The minimum absolute atomic E-state index is 0.0356. The highest BCUT2D eigenvalue weighted by Gasteiger charge is 2.45. The van der Waals surface area contributed by atoms with Crippen LogP contribution in [0.1, 0.15) is 63.9 Å². The number of carbonyl (C=O) groups excluding carboxylic acids is 2. The summed E-state index contributed by atoms with van der Waals surface area (Å²) in [5.74, 6) is 5.95. The molecule has 6 atom stereocenters. The van der Waals surface area contributed by atoms with Crippen molar-refractivity contribution in [3.05, 3.63) is 47.8 Å². The van der Waals surface area contributed by atoms with Crippen molar-refractivity contribution < 1.29 is 23.5 Å². The summed E-state index contributed by atoms with van der Waals surface area (Å²) in [6.45, 7) is 4.61. The number of nitrogens with one attached hydrogen (secondary N) is 1. The monoisotopic (exact) mass is 494 g/mol. The van der Waals surface area contributed by atoms with Crippen molar-refractivity contribution in [3.8, 4) is 11.8 Å². The first-order valence-electron chi connectivity index (χ1n) is 13.1. The zero-order chi connectivity index (χ0) is 25.5. The van der Waals surface area contributed by atoms with Gasteiger partial charge in [0.05, 0.1) is 25.0 Å². The van der Waals surface area contributed by atoms with E-state index in [0.29, 0.717) is 18.9 Å². The van der Waals surface area contributed by atoms with Crippen LogP contribution >= 0.6 is 0 Å². The van der Waals surface area contributed by atoms with Crippen LogP contribution < -0.4 is 5.32 Å². The highest BCUT2D eigenvalue weighted by atomic mass is 19.1. The van der Waals surface area contributed by atoms with Crippen LogP contribution in [-0.2, 0) is 14.3 Å². The van der Waals surface area contributed by atoms with Crippen LogP contribution in [0.2, 0.25) is 0 Å². The zero-order valence-corrected chi connectivity index (χ0v) is 21.0. The number of hydrogen-bond donors (Lipinski definition) is 1. The standard InChI is InChI=1S/C29H35FN2O4/c1-3-35-29(34)32-25-10-5-7-20(27-19(2)36-28(33)26(27)12-6-11-25)13-15-24-16-14-22(18-31-24)21-8-4-9-23(30)17-21/h4,8-9,13,15,17,19-20,22,25-27H,3,5-7,10-12,18H2,1-2H3,(H,32,34)/b15-13+/t19-,20?,22?,25-,26-,27+/m1/s1. The highest BCUT2D eigenvalue weighted by Crippen LogP contribution is 2.41. The fourth-order valence-corrected chi connectivity index (χ4v) is 5.68. The van der Waals surface area contributed by atoms with Gasteiger partial charge in [-0.25, -0.2) is 9.18 Å². The molecule has 2 heterocycles. The Kier molecular flexibility index (Phi) is 8.79. The average Bonchev–Trinajstić information content (AvgIpc) is 3.14. The number of alkyl carbamates (subject to hydrolysis) is 1. The van der Waals surface area contributed by atoms with E-state index in [2.05, 4.69) is 28.2 Å². The highest BCUT2D eigenvalue weighted by molar-refractivity contribution is 6.09. The summed E-state index contributed by atoms with van der Waals surface area (Å²) < 4.78 is 24.3. The van der Waals surface area contributed by atoms with Crippen LogP contribution in [0, 0.1) is 35.4 Å². The van der Waals surface area contributed by atoms with Gasteiger partial charge in [0.15, 0.2) is 0 Å². The van der Waals surface area contributed by atoms with Crippen molar-refractivity contribution in [1.29, 1.82) is 0 Å². The minimum Gasteiger partial charge on any atom is -0.462 e. The van der Waals surface area contributed by atoms with Crippen molar-refractivity contribution in [3.63, 3.8) is 0 Å². The van der Waals surface area contributed by atoms with Gasteiger partial charge in [-0.05, 0) is 75.1 Å². The van der Waals surface area contributed by atoms with E-state index in [1.807, 2.05) is 19.1 Å². The molecule has 7 heteroatoms. The van der Waals surface area contributed by atoms with Gasteiger partial charge in [-0.1, -0.05) is 37.0 Å². The van der Waals surface area contributed by atoms with Gasteiger partial charge in [0, 0.05) is 12.0 Å². The number of esters is 1. The predicted octanol–water partition coefficient (Wildman–Crippen LogP) is 5.19. The van der Waals surface area contributed by atoms with E-state index >= 15 is 0 Å². The first kappa shape index (κ1) is 25.9. The topological polar surface area (TPSA) is 77.0 Å². The van der Waals surface area contributed by atoms with Crippen LogP contribution in [0.5, 0.6) is 0 Å². The molecule has 1 amide bonds. The maximum Gasteiger partial charge on any atom is 0.407 e. The third-order valence-corrected chi connectivity index (χ3v) is 7.43. The second-order valence-corrected chi connectivity index (χ2v) is 9.88. The van der Waals surface area contributed by atoms with Crippen LogP contribution in [0.4, 0.5) is 9.18 Å². The van der Waals surface area contributed by atoms with Crippen molar-refractivity contribution in [2.45, 2.75) is 70.4 Å². The second-order valence-electron chi connectivity index (χ2n) is 9.88. The molecule has 1 N–H and O–H groups in total. The Morgan fingerprint density at radius 2 is 2.08 bits per heavy atom. The number of cyclic esters (lactones) is 1. The number of allylic oxidation sites excluding steroid dienone is 2. The Morgan fingerprint density at radius 1 is 1.28 bits per heavy atom. The molecule has 1 aromatic carbocycles. The number of aliphatic imine (C=N–C) groups is 1. The van der Waals surface area contributed by atoms with Gasteiger partial charge >= 0.3 is 12.1 Å². The lowest BCUT2D eigenvalue weighted by atomic mass is 9.74. The molecule has 1 saturated heterocycles. The predicted molar refractivity (Wildman–Crippen MR) is 136 cm³/mol. The number of hydrogen-bond acceptors (Lipinski definition) is 5. The summed E-state index contributed by atoms with van der Waals surface area (Å²) >= 11 is 0. The van der Waals surface area contributed by atoms with Gasteiger partial charge in [-0.15, -0.1) is 0 Å². The molecule has 0 spiro atoms. The lowest BCUT2D eigenvalue weighted by Gasteiger charge is -2.29. The molecule has 2 fully saturated rings. The number of ether oxygens (including phenoxy) is 2. The molecule has 0 radical (unpaired) electrons. The van der Waals surface area contributed by atoms with Crippen molar-refractivity contribution in [2.24, 2.45) is 22.7 Å². The summed E-state index contributed by atoms with van der Waals surface area (Å²) in [5, 5.41) is 2.98. The van der Waals surface area contributed by atoms with E-state index in [4.69, 9.17) is 9.47 Å². The van der Waals surface area contributed by atoms with Crippen LogP contribution in [0.25, 0.3) is 0 Å². The van der Waals surface area contributed by atoms with Crippen LogP contribution in [0.15, 0.2) is 41.4 Å². The molecule has 4 rings (SSSR count). The Labute approximate surface area is 212 Å². The van der Waals surface area contributed by atoms with Crippen molar-refractivity contribution >= 4 is 17.8 Å². The van der Waals surface area contributed by atoms with E-state index in [-0.39, 0.29) is 53.7 Å². The molecule has 0 aromatic heterocycles. The Balaban J connectivity index is 1.45. The molecule has 2 unspecified atom stereocenters. The molecule has 0 bridgehead atoms. The molecule has 2 aliphatic heterocycles. The van der Waals surface area contributed by atoms with Gasteiger partial charge < -0.3 is 14.8 Å². The maximum atomic E-state index is 13.6. The summed E-state index contributed by atoms with van der Waals surface area (Å²) in [5.41, 5.74) is 1.54. The SMILES string of the molecule is CCOC(=O)N[C@@H]1CCCC(/C=C/C2=NCC(c3cccc(F)c3)C#C2)[C@@H]2[C@@H](C)OC(=O)[C@@H]2CCC1. The Hall–Kier alpha value is -3.14. The minimum atomic E-state index is -0.381. The van der Waals surface area contributed by atoms with Gasteiger partial charge in [0.25, 0.3) is 0 Å². The molecule has 3 aliphatic rings. The van der Waals surface area contributed by atoms with Gasteiger partial charge in [-0.3, -0.25) is 9.79 Å². The fourth-order valence-electron chi connectivity index (χ4n) is 5.68. The molecule has 192 valence electrons. The smallest absolute Gasteiger partial charge is 0.407 e. The number of halogens is 1. The number of nitrogens with zero attached hydrogens (tertiary/aromatic N) is 1. The third kappa shape index (κ3) is 6.54. The fraction of sp³-hybridized carbons (Fsp3) is 0.552. The summed E-state index contributed by atoms with van der Waals surface area (Å²) in [6, 6.07) is 6.55. The van der Waals surface area contributed by atoms with E-state index < -0.39 is 0 Å². The number of benzene rings is 1. The summed E-state index contributed by atoms with van der Waals surface area (Å²) in [7, 11) is 0. The van der Waals surface area contributed by atoms with E-state index in [1.54, 1.807) is 13.0 Å².